The number of hydrogen-bond donors (Lipinski definition) is 0. The van der Waals surface area contributed by atoms with Crippen molar-refractivity contribution >= 4 is 23.0 Å². The van der Waals surface area contributed by atoms with Gasteiger partial charge < -0.3 is 18.9 Å². The lowest BCUT2D eigenvalue weighted by molar-refractivity contribution is 0.174. The van der Waals surface area contributed by atoms with E-state index in [9.17, 15) is 5.26 Å². The molecule has 0 saturated heterocycles. The molecule has 0 bridgehead atoms. The third-order valence-electron chi connectivity index (χ3n) is 4.24. The van der Waals surface area contributed by atoms with Gasteiger partial charge in [-0.3, -0.25) is 0 Å². The number of rotatable bonds is 5. The fraction of sp³-hybridized carbons (Fsp3) is 0.143. The zero-order valence-corrected chi connectivity index (χ0v) is 16.1. The Bertz CT molecular complexity index is 1100. The van der Waals surface area contributed by atoms with Crippen LogP contribution in [0.2, 0.25) is 0 Å². The van der Waals surface area contributed by atoms with Crippen LogP contribution in [0.25, 0.3) is 22.9 Å². The largest absolute Gasteiger partial charge is 0.493 e. The topological polar surface area (TPSA) is 73.6 Å². The van der Waals surface area contributed by atoms with E-state index in [1.54, 1.807) is 26.4 Å². The Balaban J connectivity index is 1.65. The SMILES string of the molecule is COc1ccc(/C=C(\C#N)c2nc(-c3ccc4c(c3)OCO4)cs2)cc1OC. The average Bonchev–Trinajstić information content (AvgIpc) is 3.40. The molecule has 28 heavy (non-hydrogen) atoms. The molecular formula is C21H16N2O4S. The van der Waals surface area contributed by atoms with Gasteiger partial charge in [0, 0.05) is 10.9 Å². The number of allylic oxidation sites excluding steroid dienone is 1. The first-order valence-corrected chi connectivity index (χ1v) is 9.29. The zero-order valence-electron chi connectivity index (χ0n) is 15.3. The fourth-order valence-electron chi connectivity index (χ4n) is 2.84. The minimum absolute atomic E-state index is 0.230. The summed E-state index contributed by atoms with van der Waals surface area (Å²) in [6, 6.07) is 13.4. The number of fused-ring (bicyclic) bond motifs is 1. The van der Waals surface area contributed by atoms with E-state index in [2.05, 4.69) is 11.1 Å². The second-order valence-electron chi connectivity index (χ2n) is 5.89. The molecule has 2 aromatic carbocycles. The number of aromatic nitrogens is 1. The van der Waals surface area contributed by atoms with Gasteiger partial charge in [0.2, 0.25) is 6.79 Å². The number of methoxy groups -OCH3 is 2. The molecule has 140 valence electrons. The molecule has 1 aliphatic heterocycles. The lowest BCUT2D eigenvalue weighted by atomic mass is 10.1. The van der Waals surface area contributed by atoms with Crippen molar-refractivity contribution in [2.24, 2.45) is 0 Å². The van der Waals surface area contributed by atoms with Crippen molar-refractivity contribution in [3.05, 3.63) is 52.3 Å². The van der Waals surface area contributed by atoms with Gasteiger partial charge in [0.25, 0.3) is 0 Å². The summed E-state index contributed by atoms with van der Waals surface area (Å²) in [5.74, 6) is 2.67. The van der Waals surface area contributed by atoms with Crippen LogP contribution in [0.5, 0.6) is 23.0 Å². The van der Waals surface area contributed by atoms with E-state index in [4.69, 9.17) is 18.9 Å². The molecule has 0 radical (unpaired) electrons. The first-order valence-electron chi connectivity index (χ1n) is 8.41. The van der Waals surface area contributed by atoms with Crippen LogP contribution in [0.3, 0.4) is 0 Å². The standard InChI is InChI=1S/C21H16N2O4S/c1-24-17-5-3-13(8-19(17)25-2)7-15(10-22)21-23-16(11-28-21)14-4-6-18-20(9-14)27-12-26-18/h3-9,11H,12H2,1-2H3/b15-7+. The Kier molecular flexibility index (Phi) is 4.87. The van der Waals surface area contributed by atoms with E-state index < -0.39 is 0 Å². The minimum atomic E-state index is 0.230. The summed E-state index contributed by atoms with van der Waals surface area (Å²) in [6.45, 7) is 0.230. The normalized spacial score (nSPS) is 12.5. The van der Waals surface area contributed by atoms with Crippen LogP contribution in [-0.4, -0.2) is 26.0 Å². The van der Waals surface area contributed by atoms with E-state index in [0.29, 0.717) is 27.8 Å². The second-order valence-corrected chi connectivity index (χ2v) is 6.75. The average molecular weight is 392 g/mol. The molecular weight excluding hydrogens is 376 g/mol. The van der Waals surface area contributed by atoms with Crippen molar-refractivity contribution in [1.82, 2.24) is 4.98 Å². The summed E-state index contributed by atoms with van der Waals surface area (Å²) in [7, 11) is 3.16. The third-order valence-corrected chi connectivity index (χ3v) is 5.12. The van der Waals surface area contributed by atoms with E-state index in [1.807, 2.05) is 35.7 Å². The Hall–Kier alpha value is -3.50. The highest BCUT2D eigenvalue weighted by atomic mass is 32.1. The number of nitriles is 1. The monoisotopic (exact) mass is 392 g/mol. The van der Waals surface area contributed by atoms with Crippen LogP contribution >= 0.6 is 11.3 Å². The number of benzene rings is 2. The Morgan fingerprint density at radius 1 is 1.11 bits per heavy atom. The van der Waals surface area contributed by atoms with Crippen molar-refractivity contribution in [3.8, 4) is 40.3 Å². The fourth-order valence-corrected chi connectivity index (χ4v) is 3.63. The molecule has 1 aliphatic rings. The summed E-state index contributed by atoms with van der Waals surface area (Å²) in [5, 5.41) is 12.2. The van der Waals surface area contributed by atoms with Crippen LogP contribution in [0.15, 0.2) is 41.8 Å². The molecule has 7 heteroatoms. The minimum Gasteiger partial charge on any atom is -0.493 e. The maximum absolute atomic E-state index is 9.63. The van der Waals surface area contributed by atoms with Gasteiger partial charge >= 0.3 is 0 Å². The van der Waals surface area contributed by atoms with Gasteiger partial charge in [-0.25, -0.2) is 4.98 Å². The van der Waals surface area contributed by atoms with Gasteiger partial charge in [-0.2, -0.15) is 5.26 Å². The van der Waals surface area contributed by atoms with Gasteiger partial charge in [-0.1, -0.05) is 6.07 Å². The molecule has 3 aromatic rings. The van der Waals surface area contributed by atoms with Crippen LogP contribution in [0, 0.1) is 11.3 Å². The molecule has 2 heterocycles. The van der Waals surface area contributed by atoms with Crippen molar-refractivity contribution in [2.45, 2.75) is 0 Å². The van der Waals surface area contributed by atoms with Crippen LogP contribution in [-0.2, 0) is 0 Å². The van der Waals surface area contributed by atoms with Gasteiger partial charge in [0.05, 0.1) is 25.5 Å². The number of thiazole rings is 1. The number of nitrogens with zero attached hydrogens (tertiary/aromatic N) is 2. The molecule has 0 spiro atoms. The molecule has 1 aromatic heterocycles. The molecule has 4 rings (SSSR count). The Morgan fingerprint density at radius 2 is 1.93 bits per heavy atom. The highest BCUT2D eigenvalue weighted by molar-refractivity contribution is 7.11. The van der Waals surface area contributed by atoms with Crippen LogP contribution in [0.4, 0.5) is 0 Å². The third kappa shape index (κ3) is 3.38. The van der Waals surface area contributed by atoms with E-state index in [1.165, 1.54) is 11.3 Å². The van der Waals surface area contributed by atoms with Gasteiger partial charge in [0.15, 0.2) is 23.0 Å². The number of hydrogen-bond acceptors (Lipinski definition) is 7. The van der Waals surface area contributed by atoms with Crippen molar-refractivity contribution in [1.29, 1.82) is 5.26 Å². The van der Waals surface area contributed by atoms with Crippen molar-refractivity contribution in [3.63, 3.8) is 0 Å². The second kappa shape index (κ2) is 7.62. The highest BCUT2D eigenvalue weighted by Crippen LogP contribution is 2.37. The zero-order chi connectivity index (χ0) is 19.5. The summed E-state index contributed by atoms with van der Waals surface area (Å²) < 4.78 is 21.3. The summed E-state index contributed by atoms with van der Waals surface area (Å²) >= 11 is 1.42. The predicted octanol–water partition coefficient (Wildman–Crippen LogP) is 4.62. The first kappa shape index (κ1) is 17.9. The van der Waals surface area contributed by atoms with Crippen molar-refractivity contribution in [2.75, 3.05) is 21.0 Å². The molecule has 6 nitrogen and oxygen atoms in total. The molecule has 0 fully saturated rings. The lowest BCUT2D eigenvalue weighted by Gasteiger charge is -2.07. The van der Waals surface area contributed by atoms with Gasteiger partial charge in [0.1, 0.15) is 11.1 Å². The quantitative estimate of drug-likeness (QED) is 0.590. The van der Waals surface area contributed by atoms with E-state index >= 15 is 0 Å². The Labute approximate surface area is 166 Å². The maximum atomic E-state index is 9.63. The van der Waals surface area contributed by atoms with E-state index in [0.717, 1.165) is 22.6 Å². The summed E-state index contributed by atoms with van der Waals surface area (Å²) in [5.41, 5.74) is 3.00. The maximum Gasteiger partial charge on any atom is 0.231 e. The van der Waals surface area contributed by atoms with Crippen molar-refractivity contribution < 1.29 is 18.9 Å². The van der Waals surface area contributed by atoms with Gasteiger partial charge in [-0.05, 0) is 42.0 Å². The molecule has 0 saturated carbocycles. The van der Waals surface area contributed by atoms with Crippen LogP contribution in [0.1, 0.15) is 10.6 Å². The Morgan fingerprint density at radius 3 is 2.71 bits per heavy atom. The molecule has 0 atom stereocenters. The molecule has 0 aliphatic carbocycles. The molecule has 0 unspecified atom stereocenters. The highest BCUT2D eigenvalue weighted by Gasteiger charge is 2.16. The summed E-state index contributed by atoms with van der Waals surface area (Å²) in [6.07, 6.45) is 1.78. The predicted molar refractivity (Wildman–Crippen MR) is 107 cm³/mol. The van der Waals surface area contributed by atoms with E-state index in [-0.39, 0.29) is 6.79 Å². The van der Waals surface area contributed by atoms with Crippen LogP contribution < -0.4 is 18.9 Å². The summed E-state index contributed by atoms with van der Waals surface area (Å²) in [4.78, 5) is 4.63. The smallest absolute Gasteiger partial charge is 0.231 e. The molecule has 0 amide bonds. The first-order chi connectivity index (χ1) is 13.7. The number of ether oxygens (including phenoxy) is 4. The molecule has 0 N–H and O–H groups in total. The lowest BCUT2D eigenvalue weighted by Crippen LogP contribution is -1.92. The van der Waals surface area contributed by atoms with Gasteiger partial charge in [-0.15, -0.1) is 11.3 Å².